The number of β-amino-alcohol motifs (C(OH)–C–C–N with tert-alkyl or cyclic N) is 1. The highest BCUT2D eigenvalue weighted by Gasteiger charge is 2.28. The van der Waals surface area contributed by atoms with E-state index in [4.69, 9.17) is 13.4 Å². The summed E-state index contributed by atoms with van der Waals surface area (Å²) in [5.41, 5.74) is 1.33. The fourth-order valence-electron chi connectivity index (χ4n) is 3.18. The Bertz CT molecular complexity index is 1080. The molecule has 30 heavy (non-hydrogen) atoms. The van der Waals surface area contributed by atoms with Gasteiger partial charge in [-0.05, 0) is 12.5 Å². The summed E-state index contributed by atoms with van der Waals surface area (Å²) >= 11 is -0.750. The van der Waals surface area contributed by atoms with Crippen molar-refractivity contribution >= 4 is 28.6 Å². The third-order valence-corrected chi connectivity index (χ3v) is 4.68. The van der Waals surface area contributed by atoms with E-state index in [1.165, 1.54) is 10.9 Å². The summed E-state index contributed by atoms with van der Waals surface area (Å²) in [6.07, 6.45) is 0.321. The third kappa shape index (κ3) is 4.85. The van der Waals surface area contributed by atoms with E-state index >= 15 is 0 Å². The minimum absolute atomic E-state index is 0.218. The summed E-state index contributed by atoms with van der Waals surface area (Å²) in [4.78, 5) is 12.8. The van der Waals surface area contributed by atoms with Crippen LogP contribution in [0.4, 0.5) is 10.2 Å². The Morgan fingerprint density at radius 3 is 2.50 bits per heavy atom. The molecule has 0 spiro atoms. The molecule has 1 aliphatic heterocycles. The molecule has 1 aliphatic rings. The molecular weight excluding hydrogens is 411 g/mol. The van der Waals surface area contributed by atoms with Crippen molar-refractivity contribution < 1.29 is 17.9 Å². The lowest BCUT2D eigenvalue weighted by Crippen LogP contribution is -2.25. The number of benzene rings is 1. The van der Waals surface area contributed by atoms with Crippen LogP contribution in [0, 0.1) is 5.82 Å². The molecule has 3 heterocycles. The number of nitrogens with zero attached hydrogens (tertiary/aromatic N) is 6. The second-order valence-electron chi connectivity index (χ2n) is 8.07. The minimum atomic E-state index is -0.750. The quantitative estimate of drug-likeness (QED) is 0.661. The van der Waals surface area contributed by atoms with Crippen LogP contribution in [0.15, 0.2) is 24.3 Å². The van der Waals surface area contributed by atoms with Gasteiger partial charge in [-0.15, -0.1) is 10.2 Å². The summed E-state index contributed by atoms with van der Waals surface area (Å²) in [7, 11) is 0. The van der Waals surface area contributed by atoms with Gasteiger partial charge in [0, 0.05) is 24.1 Å². The molecule has 0 aliphatic carbocycles. The highest BCUT2D eigenvalue weighted by atomic mass is 32.1. The average Bonchev–Trinajstić information content (AvgIpc) is 3.28. The number of halogens is 1. The number of rotatable bonds is 3. The molecule has 1 atom stereocenters. The zero-order valence-corrected chi connectivity index (χ0v) is 17.8. The zero-order valence-electron chi connectivity index (χ0n) is 16.9. The Morgan fingerprint density at radius 1 is 1.20 bits per heavy atom. The van der Waals surface area contributed by atoms with Gasteiger partial charge in [0.05, 0.1) is 12.6 Å². The van der Waals surface area contributed by atoms with Crippen molar-refractivity contribution in [1.82, 2.24) is 25.0 Å². The fraction of sp³-hybridized carbons (Fsp3) is 0.474. The topological polar surface area (TPSA) is 114 Å². The number of hydrogen-bond acceptors (Lipinski definition) is 8. The van der Waals surface area contributed by atoms with Crippen LogP contribution in [0.5, 0.6) is 0 Å². The average molecular weight is 434 g/mol. The van der Waals surface area contributed by atoms with Crippen molar-refractivity contribution in [3.05, 3.63) is 41.5 Å². The molecule has 4 rings (SSSR count). The first-order valence-electron chi connectivity index (χ1n) is 9.44. The molecule has 1 fully saturated rings. The van der Waals surface area contributed by atoms with Gasteiger partial charge in [-0.1, -0.05) is 39.0 Å². The lowest BCUT2D eigenvalue weighted by atomic mass is 9.96. The first-order valence-corrected chi connectivity index (χ1v) is 10.1. The fourth-order valence-corrected chi connectivity index (χ4v) is 3.18. The Balaban J connectivity index is 0.000000806. The van der Waals surface area contributed by atoms with Crippen LogP contribution in [0.3, 0.4) is 0 Å². The van der Waals surface area contributed by atoms with Crippen LogP contribution in [0.1, 0.15) is 38.6 Å². The maximum atomic E-state index is 14.0. The van der Waals surface area contributed by atoms with E-state index in [0.717, 1.165) is 0 Å². The van der Waals surface area contributed by atoms with Gasteiger partial charge in [0.2, 0.25) is 5.65 Å². The second-order valence-corrected chi connectivity index (χ2v) is 8.21. The summed E-state index contributed by atoms with van der Waals surface area (Å²) in [5.74, 6) is 1.06. The molecule has 1 N–H and O–H groups in total. The predicted molar refractivity (Wildman–Crippen MR) is 109 cm³/mol. The number of anilines is 1. The number of hydrogen-bond donors (Lipinski definition) is 1. The molecular formula is C19H23FN6O3S. The van der Waals surface area contributed by atoms with Crippen LogP contribution in [0.25, 0.3) is 11.2 Å². The second kappa shape index (κ2) is 8.92. The lowest BCUT2D eigenvalue weighted by molar-refractivity contribution is 0.198. The van der Waals surface area contributed by atoms with Gasteiger partial charge in [-0.2, -0.15) is 13.2 Å². The van der Waals surface area contributed by atoms with E-state index in [1.807, 2.05) is 25.7 Å². The van der Waals surface area contributed by atoms with E-state index in [-0.39, 0.29) is 23.9 Å². The Hall–Kier alpha value is -2.79. The van der Waals surface area contributed by atoms with Crippen LogP contribution in [-0.2, 0) is 23.5 Å². The highest BCUT2D eigenvalue weighted by Crippen LogP contribution is 2.28. The Morgan fingerprint density at radius 2 is 1.90 bits per heavy atom. The van der Waals surface area contributed by atoms with Crippen LogP contribution < -0.4 is 4.90 Å². The molecule has 0 bridgehead atoms. The molecule has 11 heteroatoms. The molecule has 160 valence electrons. The highest BCUT2D eigenvalue weighted by molar-refractivity contribution is 7.51. The molecule has 0 radical (unpaired) electrons. The van der Waals surface area contributed by atoms with E-state index in [0.29, 0.717) is 47.9 Å². The zero-order chi connectivity index (χ0) is 21.9. The first-order chi connectivity index (χ1) is 14.2. The SMILES string of the molecule is CC(C)(C)c1nc(N2CC[C@H](O)C2)c2nn(Cc3ccccc3F)nc2n1.O=S=O. The van der Waals surface area contributed by atoms with Crippen molar-refractivity contribution in [2.75, 3.05) is 18.0 Å². The summed E-state index contributed by atoms with van der Waals surface area (Å²) in [5, 5.41) is 18.9. The van der Waals surface area contributed by atoms with Crippen LogP contribution in [-0.4, -0.2) is 57.7 Å². The van der Waals surface area contributed by atoms with Crippen molar-refractivity contribution in [3.63, 3.8) is 0 Å². The maximum absolute atomic E-state index is 14.0. The monoisotopic (exact) mass is 434 g/mol. The van der Waals surface area contributed by atoms with Gasteiger partial charge in [-0.25, -0.2) is 14.4 Å². The molecule has 1 aromatic carbocycles. The van der Waals surface area contributed by atoms with Gasteiger partial charge in [-0.3, -0.25) is 0 Å². The largest absolute Gasteiger partial charge is 0.391 e. The smallest absolute Gasteiger partial charge is 0.335 e. The minimum Gasteiger partial charge on any atom is -0.391 e. The number of fused-ring (bicyclic) bond motifs is 1. The van der Waals surface area contributed by atoms with E-state index in [2.05, 4.69) is 15.2 Å². The van der Waals surface area contributed by atoms with E-state index < -0.39 is 11.6 Å². The molecule has 9 nitrogen and oxygen atoms in total. The van der Waals surface area contributed by atoms with Crippen LogP contribution in [0.2, 0.25) is 0 Å². The maximum Gasteiger partial charge on any atom is 0.335 e. The Kier molecular flexibility index (Phi) is 6.52. The molecule has 0 amide bonds. The van der Waals surface area contributed by atoms with Crippen molar-refractivity contribution in [1.29, 1.82) is 0 Å². The molecule has 0 saturated carbocycles. The first kappa shape index (κ1) is 21.9. The van der Waals surface area contributed by atoms with Crippen molar-refractivity contribution in [2.45, 2.75) is 45.3 Å². The van der Waals surface area contributed by atoms with E-state index in [1.54, 1.807) is 18.2 Å². The van der Waals surface area contributed by atoms with Crippen molar-refractivity contribution in [3.8, 4) is 0 Å². The van der Waals surface area contributed by atoms with Gasteiger partial charge >= 0.3 is 11.6 Å². The van der Waals surface area contributed by atoms with Crippen LogP contribution >= 0.6 is 0 Å². The van der Waals surface area contributed by atoms with Crippen molar-refractivity contribution in [2.24, 2.45) is 0 Å². The number of aromatic nitrogens is 5. The molecule has 1 saturated heterocycles. The predicted octanol–water partition coefficient (Wildman–Crippen LogP) is 1.61. The molecule has 2 aromatic heterocycles. The number of aliphatic hydroxyl groups excluding tert-OH is 1. The lowest BCUT2D eigenvalue weighted by Gasteiger charge is -2.21. The summed E-state index contributed by atoms with van der Waals surface area (Å²) < 4.78 is 30.6. The van der Waals surface area contributed by atoms with E-state index in [9.17, 15) is 9.50 Å². The summed E-state index contributed by atoms with van der Waals surface area (Å²) in [6, 6.07) is 6.58. The van der Waals surface area contributed by atoms with Gasteiger partial charge in [0.15, 0.2) is 11.3 Å². The Labute approximate surface area is 176 Å². The molecule has 3 aromatic rings. The van der Waals surface area contributed by atoms with Gasteiger partial charge in [0.25, 0.3) is 0 Å². The van der Waals surface area contributed by atoms with Gasteiger partial charge in [0.1, 0.15) is 11.6 Å². The molecule has 0 unspecified atom stereocenters. The normalized spacial score (nSPS) is 16.4. The van der Waals surface area contributed by atoms with Gasteiger partial charge < -0.3 is 10.0 Å². The standard InChI is InChI=1S/C19H23FN6O.O2S/c1-19(2,3)18-21-16-15(17(22-18)25-9-8-13(27)11-25)23-26(24-16)10-12-6-4-5-7-14(12)20;1-3-2/h4-7,13,27H,8-11H2,1-3H3;/t13-;/m0./s1. The summed E-state index contributed by atoms with van der Waals surface area (Å²) in [6.45, 7) is 7.56. The third-order valence-electron chi connectivity index (χ3n) is 4.68. The number of aliphatic hydroxyl groups is 1.